The first kappa shape index (κ1) is 13.3. The van der Waals surface area contributed by atoms with Crippen LogP contribution in [0.1, 0.15) is 13.3 Å². The van der Waals surface area contributed by atoms with E-state index in [1.807, 2.05) is 0 Å². The second-order valence-corrected chi connectivity index (χ2v) is 1.56. The van der Waals surface area contributed by atoms with E-state index < -0.39 is 5.97 Å². The molecule has 0 aromatic heterocycles. The molecule has 0 fully saturated rings. The molecule has 1 aliphatic rings. The Hall–Kier alpha value is -0.320. The molecular formula is C6H7NaO4. The molecule has 0 bridgehead atoms. The smallest absolute Gasteiger partial charge is 0.550 e. The molecule has 5 heteroatoms. The van der Waals surface area contributed by atoms with E-state index in [1.54, 1.807) is 6.08 Å². The van der Waals surface area contributed by atoms with Crippen LogP contribution >= 0.6 is 0 Å². The van der Waals surface area contributed by atoms with Gasteiger partial charge in [0.05, 0.1) is 12.7 Å². The van der Waals surface area contributed by atoms with Gasteiger partial charge in [-0.05, 0) is 13.0 Å². The van der Waals surface area contributed by atoms with E-state index in [9.17, 15) is 4.79 Å². The second kappa shape index (κ2) is 7.78. The van der Waals surface area contributed by atoms with Crippen molar-refractivity contribution in [3.63, 3.8) is 0 Å². The maximum atomic E-state index is 9.96. The van der Waals surface area contributed by atoms with Gasteiger partial charge in [0.25, 0.3) is 0 Å². The van der Waals surface area contributed by atoms with Gasteiger partial charge < -0.3 is 14.6 Å². The molecule has 0 unspecified atom stereocenters. The molecule has 0 saturated heterocycles. The van der Waals surface area contributed by atoms with Gasteiger partial charge in [0, 0.05) is 5.97 Å². The quantitative estimate of drug-likeness (QED) is 0.273. The number of carbonyl (C=O) groups is 2. The molecule has 11 heavy (non-hydrogen) atoms. The summed E-state index contributed by atoms with van der Waals surface area (Å²) in [5.41, 5.74) is 0. The molecule has 1 heterocycles. The zero-order valence-electron chi connectivity index (χ0n) is 6.49. The first-order chi connectivity index (χ1) is 4.63. The Morgan fingerprint density at radius 2 is 2.18 bits per heavy atom. The number of aliphatic carboxylic acids is 1. The van der Waals surface area contributed by atoms with Crippen molar-refractivity contribution < 1.29 is 49.0 Å². The van der Waals surface area contributed by atoms with Crippen molar-refractivity contribution >= 4 is 11.9 Å². The number of carbonyl (C=O) groups excluding carboxylic acids is 2. The Morgan fingerprint density at radius 1 is 1.73 bits per heavy atom. The van der Waals surface area contributed by atoms with E-state index in [1.165, 1.54) is 6.26 Å². The van der Waals surface area contributed by atoms with Crippen molar-refractivity contribution in [2.75, 3.05) is 0 Å². The maximum Gasteiger partial charge on any atom is 1.00 e. The maximum absolute atomic E-state index is 9.96. The minimum atomic E-state index is -1.08. The van der Waals surface area contributed by atoms with Crippen LogP contribution in [-0.2, 0) is 14.3 Å². The Kier molecular flexibility index (Phi) is 9.40. The van der Waals surface area contributed by atoms with Gasteiger partial charge in [-0.25, -0.2) is 0 Å². The predicted molar refractivity (Wildman–Crippen MR) is 30.5 cm³/mol. The van der Waals surface area contributed by atoms with Gasteiger partial charge in [-0.3, -0.25) is 4.79 Å². The van der Waals surface area contributed by atoms with Gasteiger partial charge in [-0.15, -0.1) is 0 Å². The van der Waals surface area contributed by atoms with Crippen LogP contribution in [0.15, 0.2) is 12.3 Å². The summed E-state index contributed by atoms with van der Waals surface area (Å²) in [4.78, 5) is 18.8. The van der Waals surface area contributed by atoms with Gasteiger partial charge >= 0.3 is 35.5 Å². The first-order valence-corrected chi connectivity index (χ1v) is 2.65. The number of carboxylic acids is 1. The van der Waals surface area contributed by atoms with Crippen LogP contribution in [0.4, 0.5) is 0 Å². The van der Waals surface area contributed by atoms with Crippen LogP contribution in [-0.4, -0.2) is 11.9 Å². The summed E-state index contributed by atoms with van der Waals surface area (Å²) < 4.78 is 4.33. The van der Waals surface area contributed by atoms with Crippen LogP contribution in [0.2, 0.25) is 0 Å². The van der Waals surface area contributed by atoms with Gasteiger partial charge in [0.2, 0.25) is 0 Å². The first-order valence-electron chi connectivity index (χ1n) is 2.65. The molecule has 4 nitrogen and oxygen atoms in total. The standard InChI is InChI=1S/C4H4O2.C2H4O2.Na/c5-4-2-1-3-6-4;1-2(3)4;/h1,3H,2H2;1H3,(H,3,4);/q;;+1/p-1. The van der Waals surface area contributed by atoms with Crippen LogP contribution in [0.5, 0.6) is 0 Å². The van der Waals surface area contributed by atoms with Crippen molar-refractivity contribution in [3.05, 3.63) is 12.3 Å². The number of hydrogen-bond acceptors (Lipinski definition) is 4. The van der Waals surface area contributed by atoms with E-state index in [0.717, 1.165) is 6.92 Å². The number of rotatable bonds is 0. The zero-order valence-corrected chi connectivity index (χ0v) is 8.49. The number of cyclic esters (lactones) is 1. The summed E-state index contributed by atoms with van der Waals surface area (Å²) >= 11 is 0. The van der Waals surface area contributed by atoms with Crippen molar-refractivity contribution in [1.29, 1.82) is 0 Å². The van der Waals surface area contributed by atoms with Crippen LogP contribution < -0.4 is 34.7 Å². The summed E-state index contributed by atoms with van der Waals surface area (Å²) in [5, 5.41) is 8.89. The van der Waals surface area contributed by atoms with Crippen molar-refractivity contribution in [2.45, 2.75) is 13.3 Å². The summed E-state index contributed by atoms with van der Waals surface area (Å²) in [6, 6.07) is 0. The van der Waals surface area contributed by atoms with E-state index in [-0.39, 0.29) is 35.5 Å². The molecule has 1 aliphatic heterocycles. The fourth-order valence-corrected chi connectivity index (χ4v) is 0.316. The molecule has 0 saturated carbocycles. The topological polar surface area (TPSA) is 66.4 Å². The molecule has 0 aromatic rings. The molecule has 0 amide bonds. The SMILES string of the molecule is CC(=O)[O-].O=C1CC=CO1.[Na+]. The van der Waals surface area contributed by atoms with Gasteiger partial charge in [-0.2, -0.15) is 0 Å². The summed E-state index contributed by atoms with van der Waals surface area (Å²) in [6.07, 6.45) is 3.53. The fourth-order valence-electron chi connectivity index (χ4n) is 0.316. The van der Waals surface area contributed by atoms with Crippen molar-refractivity contribution in [2.24, 2.45) is 0 Å². The normalized spacial score (nSPS) is 12.3. The Morgan fingerprint density at radius 3 is 2.27 bits per heavy atom. The number of esters is 1. The Bertz CT molecular complexity index is 150. The third-order valence-corrected chi connectivity index (χ3v) is 0.580. The van der Waals surface area contributed by atoms with E-state index in [2.05, 4.69) is 4.74 Å². The molecule has 1 rings (SSSR count). The summed E-state index contributed by atoms with van der Waals surface area (Å²) in [5.74, 6) is -1.24. The Labute approximate surface area is 86.5 Å². The third kappa shape index (κ3) is 12.8. The van der Waals surface area contributed by atoms with Crippen molar-refractivity contribution in [3.8, 4) is 0 Å². The molecule has 56 valence electrons. The van der Waals surface area contributed by atoms with Crippen molar-refractivity contribution in [1.82, 2.24) is 0 Å². The van der Waals surface area contributed by atoms with E-state index >= 15 is 0 Å². The van der Waals surface area contributed by atoms with Gasteiger partial charge in [0.1, 0.15) is 0 Å². The van der Waals surface area contributed by atoms with E-state index in [0.29, 0.717) is 6.42 Å². The average Bonchev–Trinajstić information content (AvgIpc) is 2.15. The summed E-state index contributed by atoms with van der Waals surface area (Å²) in [6.45, 7) is 0.972. The largest absolute Gasteiger partial charge is 1.00 e. The Balaban J connectivity index is 0. The number of ether oxygens (including phenoxy) is 1. The van der Waals surface area contributed by atoms with Crippen LogP contribution in [0.3, 0.4) is 0 Å². The van der Waals surface area contributed by atoms with Crippen LogP contribution in [0.25, 0.3) is 0 Å². The number of carboxylic acid groups (broad SMARTS) is 1. The van der Waals surface area contributed by atoms with Gasteiger partial charge in [-0.1, -0.05) is 0 Å². The molecule has 0 atom stereocenters. The van der Waals surface area contributed by atoms with Crippen LogP contribution in [0, 0.1) is 0 Å². The zero-order chi connectivity index (χ0) is 7.98. The molecule has 0 aliphatic carbocycles. The monoisotopic (exact) mass is 166 g/mol. The average molecular weight is 166 g/mol. The van der Waals surface area contributed by atoms with Gasteiger partial charge in [0.15, 0.2) is 0 Å². The molecule has 0 N–H and O–H groups in total. The molecule has 0 radical (unpaired) electrons. The third-order valence-electron chi connectivity index (χ3n) is 0.580. The minimum absolute atomic E-state index is 0. The summed E-state index contributed by atoms with van der Waals surface area (Å²) in [7, 11) is 0. The predicted octanol–water partition coefficient (Wildman–Crippen LogP) is -3.79. The second-order valence-electron chi connectivity index (χ2n) is 1.56. The fraction of sp³-hybridized carbons (Fsp3) is 0.333. The van der Waals surface area contributed by atoms with E-state index in [4.69, 9.17) is 9.90 Å². The number of hydrogen-bond donors (Lipinski definition) is 0. The molecular weight excluding hydrogens is 159 g/mol. The molecule has 0 spiro atoms. The molecule has 0 aromatic carbocycles. The minimum Gasteiger partial charge on any atom is -0.550 e.